The zero-order valence-corrected chi connectivity index (χ0v) is 10.5. The van der Waals surface area contributed by atoms with Crippen molar-refractivity contribution < 1.29 is 22.7 Å². The second-order valence-corrected chi connectivity index (χ2v) is 3.98. The predicted molar refractivity (Wildman–Crippen MR) is 62.4 cm³/mol. The Bertz CT molecular complexity index is 412. The molecule has 0 heterocycles. The highest BCUT2D eigenvalue weighted by atomic mass is 35.5. The van der Waals surface area contributed by atoms with Gasteiger partial charge in [-0.15, -0.1) is 12.4 Å². The van der Waals surface area contributed by atoms with E-state index >= 15 is 0 Å². The third-order valence-electron chi connectivity index (χ3n) is 2.15. The van der Waals surface area contributed by atoms with Crippen molar-refractivity contribution in [3.63, 3.8) is 0 Å². The first kappa shape index (κ1) is 17.4. The molecule has 1 aromatic rings. The van der Waals surface area contributed by atoms with Crippen LogP contribution in [0.5, 0.6) is 0 Å². The maximum Gasteiger partial charge on any atom is 0.416 e. The number of rotatable bonds is 3. The van der Waals surface area contributed by atoms with Crippen LogP contribution in [0.2, 0.25) is 5.02 Å². The van der Waals surface area contributed by atoms with Gasteiger partial charge in [-0.2, -0.15) is 13.2 Å². The quantitative estimate of drug-likeness (QED) is 0.844. The van der Waals surface area contributed by atoms with Crippen molar-refractivity contribution in [2.45, 2.75) is 18.6 Å². The summed E-state index contributed by atoms with van der Waals surface area (Å²) >= 11 is 5.37. The van der Waals surface area contributed by atoms with Gasteiger partial charge in [0.2, 0.25) is 0 Å². The molecule has 0 bridgehead atoms. The van der Waals surface area contributed by atoms with Crippen molar-refractivity contribution >= 4 is 24.0 Å². The van der Waals surface area contributed by atoms with Gasteiger partial charge in [-0.05, 0) is 24.1 Å². The first-order valence-corrected chi connectivity index (χ1v) is 5.05. The first-order valence-electron chi connectivity index (χ1n) is 4.67. The number of benzene rings is 1. The molecule has 0 amide bonds. The van der Waals surface area contributed by atoms with E-state index in [-0.39, 0.29) is 24.4 Å². The van der Waals surface area contributed by atoms with Crippen molar-refractivity contribution in [1.29, 1.82) is 0 Å². The first-order chi connectivity index (χ1) is 7.75. The van der Waals surface area contributed by atoms with E-state index in [1.165, 1.54) is 0 Å². The van der Waals surface area contributed by atoms with E-state index in [0.29, 0.717) is 12.1 Å². The van der Waals surface area contributed by atoms with E-state index in [9.17, 15) is 17.6 Å². The van der Waals surface area contributed by atoms with Gasteiger partial charge in [0.1, 0.15) is 5.82 Å². The topological polar surface area (TPSA) is 46.2 Å². The Kier molecular flexibility index (Phi) is 6.36. The molecule has 1 aromatic carbocycles. The second-order valence-electron chi connectivity index (χ2n) is 3.58. The molecule has 0 aliphatic rings. The number of hydrogen-bond donors (Lipinski definition) is 2. The fraction of sp³-hybridized carbons (Fsp3) is 0.400. The predicted octanol–water partition coefficient (Wildman–Crippen LogP) is 2.78. The molecule has 0 saturated heterocycles. The summed E-state index contributed by atoms with van der Waals surface area (Å²) < 4.78 is 50.7. The summed E-state index contributed by atoms with van der Waals surface area (Å²) in [5, 5.41) is 8.07. The molecule has 0 fully saturated rings. The van der Waals surface area contributed by atoms with Crippen LogP contribution in [0.4, 0.5) is 17.6 Å². The number of nitrogens with two attached hydrogens (primary N) is 1. The minimum absolute atomic E-state index is 0. The summed E-state index contributed by atoms with van der Waals surface area (Å²) in [7, 11) is 0. The Labute approximate surface area is 112 Å². The molecule has 8 heteroatoms. The van der Waals surface area contributed by atoms with Crippen LogP contribution < -0.4 is 5.73 Å². The average Bonchev–Trinajstić information content (AvgIpc) is 2.22. The van der Waals surface area contributed by atoms with E-state index in [1.807, 2.05) is 0 Å². The van der Waals surface area contributed by atoms with Crippen LogP contribution >= 0.6 is 24.0 Å². The molecule has 1 atom stereocenters. The summed E-state index contributed by atoms with van der Waals surface area (Å²) in [5.74, 6) is -0.941. The maximum atomic E-state index is 13.4. The SMILES string of the molecule is Cl.NC(CO)Cc1cc(C(F)(F)F)cc(Cl)c1F. The van der Waals surface area contributed by atoms with Crippen molar-refractivity contribution in [2.24, 2.45) is 5.73 Å². The normalized spacial score (nSPS) is 13.1. The zero-order valence-electron chi connectivity index (χ0n) is 8.97. The molecule has 0 saturated carbocycles. The van der Waals surface area contributed by atoms with Crippen LogP contribution in [-0.4, -0.2) is 17.8 Å². The molecule has 1 rings (SSSR count). The number of aliphatic hydroxyl groups excluding tert-OH is 1. The molecule has 1 unspecified atom stereocenters. The molecule has 2 nitrogen and oxygen atoms in total. The Morgan fingerprint density at radius 1 is 1.33 bits per heavy atom. The minimum Gasteiger partial charge on any atom is -0.395 e. The van der Waals surface area contributed by atoms with Gasteiger partial charge in [-0.3, -0.25) is 0 Å². The highest BCUT2D eigenvalue weighted by Crippen LogP contribution is 2.33. The second kappa shape index (κ2) is 6.56. The van der Waals surface area contributed by atoms with Crippen LogP contribution in [0.25, 0.3) is 0 Å². The van der Waals surface area contributed by atoms with Gasteiger partial charge in [-0.1, -0.05) is 11.6 Å². The Hall–Kier alpha value is -0.560. The molecule has 0 spiro atoms. The van der Waals surface area contributed by atoms with Crippen molar-refractivity contribution in [3.8, 4) is 0 Å². The molecule has 18 heavy (non-hydrogen) atoms. The summed E-state index contributed by atoms with van der Waals surface area (Å²) in [6.07, 6.45) is -4.82. The van der Waals surface area contributed by atoms with Gasteiger partial charge in [0.05, 0.1) is 17.2 Å². The fourth-order valence-electron chi connectivity index (χ4n) is 1.31. The monoisotopic (exact) mass is 307 g/mol. The van der Waals surface area contributed by atoms with Crippen molar-refractivity contribution in [2.75, 3.05) is 6.61 Å². The van der Waals surface area contributed by atoms with Gasteiger partial charge in [0.15, 0.2) is 0 Å². The average molecular weight is 308 g/mol. The molecule has 3 N–H and O–H groups in total. The van der Waals surface area contributed by atoms with Crippen LogP contribution in [0.3, 0.4) is 0 Å². The summed E-state index contributed by atoms with van der Waals surface area (Å²) in [5.41, 5.74) is 4.05. The van der Waals surface area contributed by atoms with Gasteiger partial charge in [0.25, 0.3) is 0 Å². The van der Waals surface area contributed by atoms with E-state index < -0.39 is 35.2 Å². The van der Waals surface area contributed by atoms with Crippen LogP contribution in [0.1, 0.15) is 11.1 Å². The minimum atomic E-state index is -4.60. The fourth-order valence-corrected chi connectivity index (χ4v) is 1.54. The van der Waals surface area contributed by atoms with Crippen molar-refractivity contribution in [1.82, 2.24) is 0 Å². The number of halogens is 6. The third kappa shape index (κ3) is 4.28. The van der Waals surface area contributed by atoms with Crippen LogP contribution in [0, 0.1) is 5.82 Å². The van der Waals surface area contributed by atoms with E-state index in [2.05, 4.69) is 0 Å². The van der Waals surface area contributed by atoms with E-state index in [0.717, 1.165) is 0 Å². The standard InChI is InChI=1S/C10H10ClF4NO.ClH/c11-8-3-6(10(13,14)15)1-5(9(8)12)2-7(16)4-17;/h1,3,7,17H,2,4,16H2;1H. The number of aliphatic hydroxyl groups is 1. The lowest BCUT2D eigenvalue weighted by molar-refractivity contribution is -0.137. The van der Waals surface area contributed by atoms with Gasteiger partial charge in [0, 0.05) is 6.04 Å². The lowest BCUT2D eigenvalue weighted by Gasteiger charge is -2.13. The Balaban J connectivity index is 0.00000289. The van der Waals surface area contributed by atoms with E-state index in [1.54, 1.807) is 0 Å². The molecule has 0 aliphatic carbocycles. The summed E-state index contributed by atoms with van der Waals surface area (Å²) in [6.45, 7) is -0.451. The lowest BCUT2D eigenvalue weighted by atomic mass is 10.0. The van der Waals surface area contributed by atoms with Gasteiger partial charge < -0.3 is 10.8 Å². The van der Waals surface area contributed by atoms with Gasteiger partial charge in [-0.25, -0.2) is 4.39 Å². The Morgan fingerprint density at radius 2 is 1.89 bits per heavy atom. The largest absolute Gasteiger partial charge is 0.416 e. The molecule has 0 aliphatic heterocycles. The maximum absolute atomic E-state index is 13.4. The summed E-state index contributed by atoms with van der Waals surface area (Å²) in [4.78, 5) is 0. The molecule has 0 aromatic heterocycles. The third-order valence-corrected chi connectivity index (χ3v) is 2.42. The Morgan fingerprint density at radius 3 is 2.33 bits per heavy atom. The van der Waals surface area contributed by atoms with Crippen LogP contribution in [0.15, 0.2) is 12.1 Å². The number of hydrogen-bond acceptors (Lipinski definition) is 2. The number of alkyl halides is 3. The smallest absolute Gasteiger partial charge is 0.395 e. The molecular weight excluding hydrogens is 297 g/mol. The molecule has 0 radical (unpaired) electrons. The van der Waals surface area contributed by atoms with Gasteiger partial charge >= 0.3 is 6.18 Å². The van der Waals surface area contributed by atoms with E-state index in [4.69, 9.17) is 22.4 Å². The molecule has 104 valence electrons. The highest BCUT2D eigenvalue weighted by Gasteiger charge is 2.32. The van der Waals surface area contributed by atoms with Crippen LogP contribution in [-0.2, 0) is 12.6 Å². The lowest BCUT2D eigenvalue weighted by Crippen LogP contribution is -2.27. The summed E-state index contributed by atoms with van der Waals surface area (Å²) in [6, 6.07) is 0.339. The van der Waals surface area contributed by atoms with Crippen molar-refractivity contribution in [3.05, 3.63) is 34.1 Å². The molecular formula is C10H11Cl2F4NO. The highest BCUT2D eigenvalue weighted by molar-refractivity contribution is 6.30. The zero-order chi connectivity index (χ0) is 13.2.